The van der Waals surface area contributed by atoms with Crippen LogP contribution in [-0.4, -0.2) is 66.2 Å². The summed E-state index contributed by atoms with van der Waals surface area (Å²) in [7, 11) is 4.01. The molecule has 3 rings (SSSR count). The first-order chi connectivity index (χ1) is 12.4. The summed E-state index contributed by atoms with van der Waals surface area (Å²) in [6, 6.07) is 7.70. The molecule has 7 heteroatoms. The van der Waals surface area contributed by atoms with Crippen molar-refractivity contribution < 1.29 is 14.1 Å². The molecule has 1 fully saturated rings. The largest absolute Gasteiger partial charge is 0.491 e. The lowest BCUT2D eigenvalue weighted by atomic mass is 9.90. The molecule has 1 aliphatic heterocycles. The van der Waals surface area contributed by atoms with Crippen molar-refractivity contribution in [1.29, 1.82) is 0 Å². The molecule has 0 N–H and O–H groups in total. The number of carbonyl (C=O) groups excluding carboxylic acids is 1. The Hall–Kier alpha value is -2.41. The molecule has 0 spiro atoms. The molecule has 1 amide bonds. The standard InChI is InChI=1S/C19H26N4O3/c1-14(24)23-10-9-19(2,13-23)18-20-17(21-26-18)15-7-5-6-8-16(15)25-12-11-22(3)4/h5-8H,9-13H2,1-4H3. The van der Waals surface area contributed by atoms with Crippen molar-refractivity contribution in [2.75, 3.05) is 40.3 Å². The zero-order valence-electron chi connectivity index (χ0n) is 15.9. The van der Waals surface area contributed by atoms with Crippen LogP contribution in [0.4, 0.5) is 0 Å². The molecular formula is C19H26N4O3. The minimum atomic E-state index is -0.308. The molecule has 26 heavy (non-hydrogen) atoms. The van der Waals surface area contributed by atoms with Crippen LogP contribution in [0, 0.1) is 0 Å². The van der Waals surface area contributed by atoms with Crippen LogP contribution in [0.25, 0.3) is 11.4 Å². The number of hydrogen-bond donors (Lipinski definition) is 0. The molecule has 1 unspecified atom stereocenters. The highest BCUT2D eigenvalue weighted by Crippen LogP contribution is 2.35. The van der Waals surface area contributed by atoms with Gasteiger partial charge in [-0.05, 0) is 39.6 Å². The third kappa shape index (κ3) is 3.88. The Labute approximate surface area is 153 Å². The Bertz CT molecular complexity index is 774. The van der Waals surface area contributed by atoms with Gasteiger partial charge in [0, 0.05) is 26.6 Å². The Kier molecular flexibility index (Phi) is 5.27. The fourth-order valence-corrected chi connectivity index (χ4v) is 3.10. The normalized spacial score (nSPS) is 20.0. The summed E-state index contributed by atoms with van der Waals surface area (Å²) in [4.78, 5) is 20.1. The van der Waals surface area contributed by atoms with Gasteiger partial charge < -0.3 is 19.1 Å². The number of ether oxygens (including phenoxy) is 1. The molecule has 1 saturated heterocycles. The molecule has 1 atom stereocenters. The van der Waals surface area contributed by atoms with Gasteiger partial charge in [0.25, 0.3) is 0 Å². The summed E-state index contributed by atoms with van der Waals surface area (Å²) in [5.41, 5.74) is 0.503. The molecule has 1 aromatic heterocycles. The van der Waals surface area contributed by atoms with E-state index < -0.39 is 0 Å². The number of aromatic nitrogens is 2. The number of carbonyl (C=O) groups is 1. The molecule has 0 aliphatic carbocycles. The van der Waals surface area contributed by atoms with E-state index in [1.54, 1.807) is 6.92 Å². The highest BCUT2D eigenvalue weighted by molar-refractivity contribution is 5.73. The van der Waals surface area contributed by atoms with Crippen molar-refractivity contribution >= 4 is 5.91 Å². The van der Waals surface area contributed by atoms with Gasteiger partial charge >= 0.3 is 0 Å². The number of rotatable bonds is 6. The third-order valence-electron chi connectivity index (χ3n) is 4.79. The lowest BCUT2D eigenvalue weighted by Crippen LogP contribution is -2.31. The number of amides is 1. The molecular weight excluding hydrogens is 332 g/mol. The molecule has 0 radical (unpaired) electrons. The molecule has 1 aromatic carbocycles. The van der Waals surface area contributed by atoms with Crippen molar-refractivity contribution in [3.63, 3.8) is 0 Å². The van der Waals surface area contributed by atoms with Gasteiger partial charge in [-0.25, -0.2) is 0 Å². The van der Waals surface area contributed by atoms with E-state index >= 15 is 0 Å². The van der Waals surface area contributed by atoms with Crippen LogP contribution in [-0.2, 0) is 10.2 Å². The predicted molar refractivity (Wildman–Crippen MR) is 98.0 cm³/mol. The fourth-order valence-electron chi connectivity index (χ4n) is 3.10. The Balaban J connectivity index is 1.79. The van der Waals surface area contributed by atoms with Gasteiger partial charge in [-0.1, -0.05) is 17.3 Å². The second kappa shape index (κ2) is 7.45. The topological polar surface area (TPSA) is 71.7 Å². The van der Waals surface area contributed by atoms with Gasteiger partial charge in [0.05, 0.1) is 11.0 Å². The first kappa shape index (κ1) is 18.4. The van der Waals surface area contributed by atoms with Crippen LogP contribution >= 0.6 is 0 Å². The third-order valence-corrected chi connectivity index (χ3v) is 4.79. The lowest BCUT2D eigenvalue weighted by molar-refractivity contribution is -0.128. The zero-order chi connectivity index (χ0) is 18.7. The van der Waals surface area contributed by atoms with Crippen LogP contribution in [0.2, 0.25) is 0 Å². The maximum Gasteiger partial charge on any atom is 0.234 e. The summed E-state index contributed by atoms with van der Waals surface area (Å²) >= 11 is 0. The number of likely N-dealkylation sites (tertiary alicyclic amines) is 1. The molecule has 140 valence electrons. The monoisotopic (exact) mass is 358 g/mol. The highest BCUT2D eigenvalue weighted by atomic mass is 16.5. The Morgan fingerprint density at radius 2 is 2.15 bits per heavy atom. The maximum absolute atomic E-state index is 11.6. The average Bonchev–Trinajstić information content (AvgIpc) is 3.23. The van der Waals surface area contributed by atoms with E-state index in [2.05, 4.69) is 22.0 Å². The van der Waals surface area contributed by atoms with Crippen molar-refractivity contribution in [1.82, 2.24) is 19.9 Å². The quantitative estimate of drug-likeness (QED) is 0.788. The molecule has 2 aromatic rings. The van der Waals surface area contributed by atoms with E-state index in [1.165, 1.54) is 0 Å². The van der Waals surface area contributed by atoms with E-state index in [-0.39, 0.29) is 11.3 Å². The summed E-state index contributed by atoms with van der Waals surface area (Å²) in [6.45, 7) is 6.38. The summed E-state index contributed by atoms with van der Waals surface area (Å²) in [5, 5.41) is 4.17. The van der Waals surface area contributed by atoms with Gasteiger partial charge in [-0.3, -0.25) is 4.79 Å². The summed E-state index contributed by atoms with van der Waals surface area (Å²) < 4.78 is 11.5. The van der Waals surface area contributed by atoms with Crippen molar-refractivity contribution in [2.24, 2.45) is 0 Å². The number of nitrogens with zero attached hydrogens (tertiary/aromatic N) is 4. The van der Waals surface area contributed by atoms with Crippen LogP contribution < -0.4 is 4.74 Å². The smallest absolute Gasteiger partial charge is 0.234 e. The Morgan fingerprint density at radius 3 is 2.85 bits per heavy atom. The van der Waals surface area contributed by atoms with Crippen molar-refractivity contribution in [3.05, 3.63) is 30.2 Å². The number of para-hydroxylation sites is 1. The van der Waals surface area contributed by atoms with E-state index in [9.17, 15) is 4.79 Å². The molecule has 0 bridgehead atoms. The second-order valence-corrected chi connectivity index (χ2v) is 7.32. The van der Waals surface area contributed by atoms with Crippen LogP contribution in [0.15, 0.2) is 28.8 Å². The minimum absolute atomic E-state index is 0.0769. The Morgan fingerprint density at radius 1 is 1.38 bits per heavy atom. The van der Waals surface area contributed by atoms with Crippen LogP contribution in [0.3, 0.4) is 0 Å². The van der Waals surface area contributed by atoms with E-state index in [0.717, 1.165) is 24.3 Å². The van der Waals surface area contributed by atoms with Gasteiger partial charge in [-0.2, -0.15) is 4.98 Å². The van der Waals surface area contributed by atoms with Gasteiger partial charge in [-0.15, -0.1) is 0 Å². The van der Waals surface area contributed by atoms with Crippen LogP contribution in [0.5, 0.6) is 5.75 Å². The number of likely N-dealkylation sites (N-methyl/N-ethyl adjacent to an activating group) is 1. The SMILES string of the molecule is CC(=O)N1CCC(C)(c2nc(-c3ccccc3OCCN(C)C)no2)C1. The molecule has 0 saturated carbocycles. The molecule has 7 nitrogen and oxygen atoms in total. The fraction of sp³-hybridized carbons (Fsp3) is 0.526. The van der Waals surface area contributed by atoms with E-state index in [0.29, 0.717) is 31.4 Å². The van der Waals surface area contributed by atoms with Gasteiger partial charge in [0.2, 0.25) is 17.6 Å². The van der Waals surface area contributed by atoms with E-state index in [4.69, 9.17) is 9.26 Å². The van der Waals surface area contributed by atoms with Gasteiger partial charge in [0.15, 0.2) is 0 Å². The minimum Gasteiger partial charge on any atom is -0.491 e. The van der Waals surface area contributed by atoms with Gasteiger partial charge in [0.1, 0.15) is 12.4 Å². The average molecular weight is 358 g/mol. The first-order valence-electron chi connectivity index (χ1n) is 8.86. The van der Waals surface area contributed by atoms with Crippen molar-refractivity contribution in [3.8, 4) is 17.1 Å². The van der Waals surface area contributed by atoms with E-state index in [1.807, 2.05) is 43.3 Å². The predicted octanol–water partition coefficient (Wildman–Crippen LogP) is 2.19. The first-order valence-corrected chi connectivity index (χ1v) is 8.86. The lowest BCUT2D eigenvalue weighted by Gasteiger charge is -2.19. The zero-order valence-corrected chi connectivity index (χ0v) is 15.9. The molecule has 2 heterocycles. The van der Waals surface area contributed by atoms with Crippen molar-refractivity contribution in [2.45, 2.75) is 25.7 Å². The number of benzene rings is 1. The van der Waals surface area contributed by atoms with Crippen LogP contribution in [0.1, 0.15) is 26.2 Å². The molecule has 1 aliphatic rings. The maximum atomic E-state index is 11.6. The number of hydrogen-bond acceptors (Lipinski definition) is 6. The second-order valence-electron chi connectivity index (χ2n) is 7.32. The highest BCUT2D eigenvalue weighted by Gasteiger charge is 2.41. The summed E-state index contributed by atoms with van der Waals surface area (Å²) in [6.07, 6.45) is 0.815. The summed E-state index contributed by atoms with van der Waals surface area (Å²) in [5.74, 6) is 1.90.